The molecular weight excluding hydrogens is 414 g/mol. The normalized spacial score (nSPS) is 29.6. The van der Waals surface area contributed by atoms with E-state index in [-0.39, 0.29) is 19.1 Å². The van der Waals surface area contributed by atoms with Gasteiger partial charge in [-0.05, 0) is 5.56 Å². The van der Waals surface area contributed by atoms with Gasteiger partial charge >= 0.3 is 5.97 Å². The minimum atomic E-state index is -0.856. The summed E-state index contributed by atoms with van der Waals surface area (Å²) in [5.41, 5.74) is 1.79. The van der Waals surface area contributed by atoms with Gasteiger partial charge in [0, 0.05) is 19.4 Å². The Morgan fingerprint density at radius 3 is 2.34 bits per heavy atom. The molecule has 8 heteroatoms. The van der Waals surface area contributed by atoms with Gasteiger partial charge in [-0.2, -0.15) is 0 Å². The molecular formula is C24H27NO7. The topological polar surface area (TPSA) is 92.3 Å². The fraction of sp³-hybridized carbons (Fsp3) is 0.417. The fourth-order valence-corrected chi connectivity index (χ4v) is 3.97. The lowest BCUT2D eigenvalue weighted by Crippen LogP contribution is -2.67. The van der Waals surface area contributed by atoms with Crippen molar-refractivity contribution in [1.82, 2.24) is 5.32 Å². The molecule has 2 aromatic rings. The Hall–Kier alpha value is -2.78. The minimum Gasteiger partial charge on any atom is -0.457 e. The average molecular weight is 441 g/mol. The molecule has 4 rings (SSSR count). The van der Waals surface area contributed by atoms with E-state index in [2.05, 4.69) is 5.32 Å². The van der Waals surface area contributed by atoms with Crippen LogP contribution in [0.4, 0.5) is 0 Å². The summed E-state index contributed by atoms with van der Waals surface area (Å²) >= 11 is 0. The summed E-state index contributed by atoms with van der Waals surface area (Å²) in [6.45, 7) is 3.20. The molecule has 6 atom stereocenters. The van der Waals surface area contributed by atoms with Crippen LogP contribution in [0.2, 0.25) is 0 Å². The van der Waals surface area contributed by atoms with Crippen molar-refractivity contribution in [1.29, 1.82) is 0 Å². The Kier molecular flexibility index (Phi) is 7.16. The Morgan fingerprint density at radius 1 is 1.00 bits per heavy atom. The maximum atomic E-state index is 12.0. The Morgan fingerprint density at radius 2 is 1.69 bits per heavy atom. The number of esters is 1. The monoisotopic (exact) mass is 441 g/mol. The molecule has 1 N–H and O–H groups in total. The Balaban J connectivity index is 1.57. The summed E-state index contributed by atoms with van der Waals surface area (Å²) in [6, 6.07) is 18.3. The Bertz CT molecular complexity index is 907. The van der Waals surface area contributed by atoms with E-state index in [0.717, 1.165) is 11.1 Å². The first kappa shape index (κ1) is 22.4. The van der Waals surface area contributed by atoms with E-state index >= 15 is 0 Å². The van der Waals surface area contributed by atoms with Crippen LogP contribution in [-0.2, 0) is 39.9 Å². The molecule has 0 radical (unpaired) electrons. The van der Waals surface area contributed by atoms with Gasteiger partial charge < -0.3 is 29.0 Å². The molecule has 0 unspecified atom stereocenters. The standard InChI is InChI=1S/C24H27NO7/c1-15(26)25-20-22(30-16(2)27)21-19(14-29-23(32-21)18-11-7-4-8-12-18)31-24(20)28-13-17-9-5-3-6-10-17/h3-12,19-24H,13-14H2,1-2H3,(H,25,26)/t19-,20+,21-,22-,23-,24-/m1/s1. The first-order valence-corrected chi connectivity index (χ1v) is 10.6. The van der Waals surface area contributed by atoms with Crippen molar-refractivity contribution in [2.75, 3.05) is 6.61 Å². The largest absolute Gasteiger partial charge is 0.457 e. The van der Waals surface area contributed by atoms with E-state index in [1.165, 1.54) is 13.8 Å². The van der Waals surface area contributed by atoms with E-state index in [0.29, 0.717) is 0 Å². The lowest BCUT2D eigenvalue weighted by molar-refractivity contribution is -0.346. The number of carbonyl (C=O) groups excluding carboxylic acids is 2. The molecule has 1 amide bonds. The van der Waals surface area contributed by atoms with E-state index < -0.39 is 42.9 Å². The molecule has 32 heavy (non-hydrogen) atoms. The van der Waals surface area contributed by atoms with Gasteiger partial charge in [0.25, 0.3) is 0 Å². The number of fused-ring (bicyclic) bond motifs is 1. The van der Waals surface area contributed by atoms with Crippen LogP contribution in [0.3, 0.4) is 0 Å². The highest BCUT2D eigenvalue weighted by atomic mass is 16.8. The summed E-state index contributed by atoms with van der Waals surface area (Å²) in [4.78, 5) is 23.9. The lowest BCUT2D eigenvalue weighted by Gasteiger charge is -2.48. The van der Waals surface area contributed by atoms with Crippen molar-refractivity contribution >= 4 is 11.9 Å². The minimum absolute atomic E-state index is 0.222. The molecule has 0 spiro atoms. The molecule has 2 saturated heterocycles. The molecule has 8 nitrogen and oxygen atoms in total. The predicted molar refractivity (Wildman–Crippen MR) is 113 cm³/mol. The molecule has 2 aliphatic heterocycles. The van der Waals surface area contributed by atoms with Crippen LogP contribution in [-0.4, -0.2) is 49.1 Å². The zero-order chi connectivity index (χ0) is 22.5. The number of nitrogens with one attached hydrogen (secondary N) is 1. The highest BCUT2D eigenvalue weighted by molar-refractivity contribution is 5.73. The summed E-state index contributed by atoms with van der Waals surface area (Å²) in [5, 5.41) is 2.82. The Labute approximate surface area is 186 Å². The van der Waals surface area contributed by atoms with Gasteiger partial charge in [-0.15, -0.1) is 0 Å². The third kappa shape index (κ3) is 5.34. The summed E-state index contributed by atoms with van der Waals surface area (Å²) < 4.78 is 29.9. The SMILES string of the molecule is CC(=O)N[C@@H]1[C@H](OCc2ccccc2)O[C@@H]2CO[C@@H](c3ccccc3)O[C@H]2[C@@H]1OC(C)=O. The van der Waals surface area contributed by atoms with Gasteiger partial charge in [-0.3, -0.25) is 9.59 Å². The van der Waals surface area contributed by atoms with Crippen molar-refractivity contribution in [3.05, 3.63) is 71.8 Å². The number of benzene rings is 2. The second-order valence-electron chi connectivity index (χ2n) is 7.82. The maximum Gasteiger partial charge on any atom is 0.303 e. The fourth-order valence-electron chi connectivity index (χ4n) is 3.97. The van der Waals surface area contributed by atoms with Gasteiger partial charge in [0.05, 0.1) is 13.2 Å². The van der Waals surface area contributed by atoms with Gasteiger partial charge in [0.1, 0.15) is 18.2 Å². The maximum absolute atomic E-state index is 12.0. The van der Waals surface area contributed by atoms with Crippen LogP contribution < -0.4 is 5.32 Å². The van der Waals surface area contributed by atoms with Gasteiger partial charge in [0.15, 0.2) is 18.7 Å². The van der Waals surface area contributed by atoms with Crippen molar-refractivity contribution in [2.24, 2.45) is 0 Å². The predicted octanol–water partition coefficient (Wildman–Crippen LogP) is 2.48. The van der Waals surface area contributed by atoms with E-state index in [1.807, 2.05) is 60.7 Å². The third-order valence-corrected chi connectivity index (χ3v) is 5.34. The van der Waals surface area contributed by atoms with Crippen molar-refractivity contribution in [3.63, 3.8) is 0 Å². The molecule has 2 fully saturated rings. The molecule has 0 saturated carbocycles. The third-order valence-electron chi connectivity index (χ3n) is 5.34. The number of amides is 1. The first-order valence-electron chi connectivity index (χ1n) is 10.6. The van der Waals surface area contributed by atoms with Gasteiger partial charge in [-0.25, -0.2) is 0 Å². The van der Waals surface area contributed by atoms with Crippen LogP contribution in [0.15, 0.2) is 60.7 Å². The quantitative estimate of drug-likeness (QED) is 0.689. The van der Waals surface area contributed by atoms with Crippen molar-refractivity contribution < 1.29 is 33.3 Å². The smallest absolute Gasteiger partial charge is 0.303 e. The molecule has 2 aromatic carbocycles. The molecule has 0 aromatic heterocycles. The number of hydrogen-bond donors (Lipinski definition) is 1. The molecule has 170 valence electrons. The van der Waals surface area contributed by atoms with Crippen LogP contribution in [0.5, 0.6) is 0 Å². The summed E-state index contributed by atoms with van der Waals surface area (Å²) in [6.07, 6.45) is -3.49. The van der Waals surface area contributed by atoms with Crippen molar-refractivity contribution in [3.8, 4) is 0 Å². The first-order chi connectivity index (χ1) is 15.5. The zero-order valence-electron chi connectivity index (χ0n) is 18.0. The van der Waals surface area contributed by atoms with Crippen molar-refractivity contribution in [2.45, 2.75) is 57.4 Å². The second-order valence-corrected chi connectivity index (χ2v) is 7.82. The zero-order valence-corrected chi connectivity index (χ0v) is 18.0. The van der Waals surface area contributed by atoms with E-state index in [1.54, 1.807) is 0 Å². The molecule has 2 heterocycles. The molecule has 2 aliphatic rings. The highest BCUT2D eigenvalue weighted by Crippen LogP contribution is 2.36. The van der Waals surface area contributed by atoms with Gasteiger partial charge in [-0.1, -0.05) is 60.7 Å². The average Bonchev–Trinajstić information content (AvgIpc) is 2.80. The summed E-state index contributed by atoms with van der Waals surface area (Å²) in [7, 11) is 0. The highest BCUT2D eigenvalue weighted by Gasteiger charge is 2.52. The number of hydrogen-bond acceptors (Lipinski definition) is 7. The number of rotatable bonds is 6. The number of carbonyl (C=O) groups is 2. The van der Waals surface area contributed by atoms with Gasteiger partial charge in [0.2, 0.25) is 5.91 Å². The van der Waals surface area contributed by atoms with Crippen LogP contribution in [0.1, 0.15) is 31.3 Å². The van der Waals surface area contributed by atoms with Crippen LogP contribution in [0.25, 0.3) is 0 Å². The van der Waals surface area contributed by atoms with Crippen LogP contribution in [0, 0.1) is 0 Å². The van der Waals surface area contributed by atoms with Crippen LogP contribution >= 0.6 is 0 Å². The molecule has 0 aliphatic carbocycles. The van der Waals surface area contributed by atoms with E-state index in [9.17, 15) is 9.59 Å². The lowest BCUT2D eigenvalue weighted by atomic mass is 9.95. The number of ether oxygens (including phenoxy) is 5. The summed E-state index contributed by atoms with van der Waals surface area (Å²) in [5.74, 6) is -0.784. The molecule has 0 bridgehead atoms. The van der Waals surface area contributed by atoms with E-state index in [4.69, 9.17) is 23.7 Å². The second kappa shape index (κ2) is 10.2.